The topological polar surface area (TPSA) is 75.9 Å². The minimum Gasteiger partial charge on any atom is -0.396 e. The van der Waals surface area contributed by atoms with Gasteiger partial charge in [0.25, 0.3) is 0 Å². The third-order valence-electron chi connectivity index (χ3n) is 2.27. The van der Waals surface area contributed by atoms with Crippen molar-refractivity contribution in [3.8, 4) is 0 Å². The molecule has 80 valence electrons. The molecule has 0 amide bonds. The molecule has 2 N–H and O–H groups in total. The third-order valence-corrected chi connectivity index (χ3v) is 2.27. The van der Waals surface area contributed by atoms with Crippen LogP contribution in [-0.4, -0.2) is 38.0 Å². The van der Waals surface area contributed by atoms with Crippen LogP contribution in [0.25, 0.3) is 0 Å². The van der Waals surface area contributed by atoms with Gasteiger partial charge in [0.2, 0.25) is 0 Å². The molecule has 0 spiro atoms. The Labute approximate surface area is 83.3 Å². The first-order valence-electron chi connectivity index (χ1n) is 4.70. The van der Waals surface area contributed by atoms with Crippen molar-refractivity contribution >= 4 is 0 Å². The van der Waals surface area contributed by atoms with Crippen LogP contribution in [0.5, 0.6) is 0 Å². The van der Waals surface area contributed by atoms with E-state index in [1.54, 1.807) is 7.05 Å². The average molecular weight is 199 g/mol. The first-order valence-corrected chi connectivity index (χ1v) is 4.70. The van der Waals surface area contributed by atoms with Gasteiger partial charge in [-0.1, -0.05) is 6.92 Å². The molecular weight excluding hydrogens is 182 g/mol. The molecule has 6 heteroatoms. The molecule has 2 atom stereocenters. The van der Waals surface area contributed by atoms with Gasteiger partial charge in [-0.3, -0.25) is 0 Å². The zero-order valence-corrected chi connectivity index (χ0v) is 8.80. The van der Waals surface area contributed by atoms with Crippen molar-refractivity contribution in [1.82, 2.24) is 25.5 Å². The Hall–Kier alpha value is -1.01. The molecule has 0 aromatic carbocycles. The van der Waals surface area contributed by atoms with Gasteiger partial charge in [-0.05, 0) is 18.1 Å². The molecule has 6 nitrogen and oxygen atoms in total. The number of nitrogens with zero attached hydrogens (tertiary/aromatic N) is 4. The summed E-state index contributed by atoms with van der Waals surface area (Å²) in [6, 6.07) is 0.240. The SMILES string of the molecule is CC(CO)C(C)NCc1nnn(C)n1. The lowest BCUT2D eigenvalue weighted by Gasteiger charge is -2.17. The van der Waals surface area contributed by atoms with E-state index in [0.29, 0.717) is 12.4 Å². The summed E-state index contributed by atoms with van der Waals surface area (Å²) >= 11 is 0. The molecule has 2 unspecified atom stereocenters. The average Bonchev–Trinajstić information content (AvgIpc) is 2.59. The summed E-state index contributed by atoms with van der Waals surface area (Å²) in [5.41, 5.74) is 0. The molecule has 1 rings (SSSR count). The van der Waals surface area contributed by atoms with Crippen LogP contribution in [-0.2, 0) is 13.6 Å². The number of rotatable bonds is 5. The van der Waals surface area contributed by atoms with Crippen LogP contribution < -0.4 is 5.32 Å². The summed E-state index contributed by atoms with van der Waals surface area (Å²) in [5, 5.41) is 23.8. The normalized spacial score (nSPS) is 15.4. The maximum absolute atomic E-state index is 8.92. The molecular formula is C8H17N5O. The van der Waals surface area contributed by atoms with E-state index >= 15 is 0 Å². The van der Waals surface area contributed by atoms with E-state index in [4.69, 9.17) is 5.11 Å². The van der Waals surface area contributed by atoms with Gasteiger partial charge in [-0.15, -0.1) is 10.2 Å². The Balaban J connectivity index is 2.33. The maximum Gasteiger partial charge on any atom is 0.188 e. The quantitative estimate of drug-likeness (QED) is 0.657. The highest BCUT2D eigenvalue weighted by Gasteiger charge is 2.11. The van der Waals surface area contributed by atoms with Gasteiger partial charge >= 0.3 is 0 Å². The molecule has 0 saturated carbocycles. The van der Waals surface area contributed by atoms with Gasteiger partial charge in [0.15, 0.2) is 5.82 Å². The summed E-state index contributed by atoms with van der Waals surface area (Å²) < 4.78 is 0. The van der Waals surface area contributed by atoms with Crippen molar-refractivity contribution in [2.45, 2.75) is 26.4 Å². The van der Waals surface area contributed by atoms with E-state index in [-0.39, 0.29) is 18.6 Å². The lowest BCUT2D eigenvalue weighted by molar-refractivity contribution is 0.206. The van der Waals surface area contributed by atoms with Crippen LogP contribution in [0.15, 0.2) is 0 Å². The number of aliphatic hydroxyl groups excluding tert-OH is 1. The van der Waals surface area contributed by atoms with Crippen LogP contribution >= 0.6 is 0 Å². The Kier molecular flexibility index (Phi) is 3.97. The van der Waals surface area contributed by atoms with Crippen LogP contribution in [0.1, 0.15) is 19.7 Å². The molecule has 0 aliphatic heterocycles. The minimum atomic E-state index is 0.183. The second kappa shape index (κ2) is 5.02. The molecule has 0 fully saturated rings. The fraction of sp³-hybridized carbons (Fsp3) is 0.875. The van der Waals surface area contributed by atoms with Crippen molar-refractivity contribution in [3.63, 3.8) is 0 Å². The predicted octanol–water partition coefficient (Wildman–Crippen LogP) is -0.683. The summed E-state index contributed by atoms with van der Waals surface area (Å²) in [6.07, 6.45) is 0. The first-order chi connectivity index (χ1) is 6.63. The second-order valence-corrected chi connectivity index (χ2v) is 3.52. The van der Waals surface area contributed by atoms with Crippen LogP contribution in [0, 0.1) is 5.92 Å². The molecule has 1 heterocycles. The van der Waals surface area contributed by atoms with Crippen LogP contribution in [0.2, 0.25) is 0 Å². The monoisotopic (exact) mass is 199 g/mol. The molecule has 0 saturated heterocycles. The van der Waals surface area contributed by atoms with Crippen molar-refractivity contribution < 1.29 is 5.11 Å². The third kappa shape index (κ3) is 3.04. The predicted molar refractivity (Wildman–Crippen MR) is 51.3 cm³/mol. The molecule has 0 radical (unpaired) electrons. The Morgan fingerprint density at radius 1 is 1.50 bits per heavy atom. The number of aromatic nitrogens is 4. The van der Waals surface area contributed by atoms with E-state index in [0.717, 1.165) is 0 Å². The molecule has 0 aliphatic rings. The maximum atomic E-state index is 8.92. The smallest absolute Gasteiger partial charge is 0.188 e. The fourth-order valence-electron chi connectivity index (χ4n) is 1.01. The van der Waals surface area contributed by atoms with E-state index in [1.807, 2.05) is 13.8 Å². The minimum absolute atomic E-state index is 0.183. The number of aryl methyl sites for hydroxylation is 1. The van der Waals surface area contributed by atoms with Crippen molar-refractivity contribution in [1.29, 1.82) is 0 Å². The highest BCUT2D eigenvalue weighted by atomic mass is 16.3. The van der Waals surface area contributed by atoms with Gasteiger partial charge in [-0.2, -0.15) is 4.80 Å². The van der Waals surface area contributed by atoms with E-state index in [9.17, 15) is 0 Å². The van der Waals surface area contributed by atoms with Gasteiger partial charge in [-0.25, -0.2) is 0 Å². The van der Waals surface area contributed by atoms with Gasteiger partial charge in [0.05, 0.1) is 13.6 Å². The lowest BCUT2D eigenvalue weighted by atomic mass is 10.1. The largest absolute Gasteiger partial charge is 0.396 e. The highest BCUT2D eigenvalue weighted by molar-refractivity contribution is 4.78. The number of aliphatic hydroxyl groups is 1. The van der Waals surface area contributed by atoms with Gasteiger partial charge in [0, 0.05) is 12.6 Å². The van der Waals surface area contributed by atoms with Gasteiger partial charge < -0.3 is 10.4 Å². The number of nitrogens with one attached hydrogen (secondary N) is 1. The van der Waals surface area contributed by atoms with Gasteiger partial charge in [0.1, 0.15) is 0 Å². The summed E-state index contributed by atoms with van der Waals surface area (Å²) in [5.74, 6) is 0.899. The van der Waals surface area contributed by atoms with E-state index < -0.39 is 0 Å². The number of hydrogen-bond donors (Lipinski definition) is 2. The fourth-order valence-corrected chi connectivity index (χ4v) is 1.01. The molecule has 0 bridgehead atoms. The molecule has 14 heavy (non-hydrogen) atoms. The van der Waals surface area contributed by atoms with E-state index in [2.05, 4.69) is 20.7 Å². The van der Waals surface area contributed by atoms with Crippen LogP contribution in [0.3, 0.4) is 0 Å². The lowest BCUT2D eigenvalue weighted by Crippen LogP contribution is -2.33. The van der Waals surface area contributed by atoms with Crippen molar-refractivity contribution in [2.24, 2.45) is 13.0 Å². The standard InChI is InChI=1S/C8H17N5O/c1-6(5-14)7(2)9-4-8-10-12-13(3)11-8/h6-7,9,14H,4-5H2,1-3H3. The molecule has 1 aromatic rings. The number of tetrazole rings is 1. The highest BCUT2D eigenvalue weighted by Crippen LogP contribution is 2.00. The Bertz CT molecular complexity index is 274. The first kappa shape index (κ1) is 11.1. The summed E-state index contributed by atoms with van der Waals surface area (Å²) in [4.78, 5) is 1.43. The zero-order chi connectivity index (χ0) is 10.6. The zero-order valence-electron chi connectivity index (χ0n) is 8.80. The van der Waals surface area contributed by atoms with Crippen molar-refractivity contribution in [2.75, 3.05) is 6.61 Å². The van der Waals surface area contributed by atoms with Crippen molar-refractivity contribution in [3.05, 3.63) is 5.82 Å². The summed E-state index contributed by atoms with van der Waals surface area (Å²) in [7, 11) is 1.73. The Morgan fingerprint density at radius 2 is 2.21 bits per heavy atom. The van der Waals surface area contributed by atoms with Crippen LogP contribution in [0.4, 0.5) is 0 Å². The molecule has 1 aromatic heterocycles. The summed E-state index contributed by atoms with van der Waals surface area (Å²) in [6.45, 7) is 4.78. The molecule has 0 aliphatic carbocycles. The van der Waals surface area contributed by atoms with E-state index in [1.165, 1.54) is 4.80 Å². The Morgan fingerprint density at radius 3 is 2.71 bits per heavy atom. The second-order valence-electron chi connectivity index (χ2n) is 3.52. The number of hydrogen-bond acceptors (Lipinski definition) is 5.